The summed E-state index contributed by atoms with van der Waals surface area (Å²) < 4.78 is 51.7. The first-order chi connectivity index (χ1) is 18.7. The van der Waals surface area contributed by atoms with Gasteiger partial charge in [0, 0.05) is 24.5 Å². The minimum Gasteiger partial charge on any atom is -0.481 e. The number of halogens is 3. The highest BCUT2D eigenvalue weighted by Gasteiger charge is 2.36. The van der Waals surface area contributed by atoms with Crippen LogP contribution in [0.1, 0.15) is 29.9 Å². The topological polar surface area (TPSA) is 107 Å². The molecule has 0 atom stereocenters. The molecule has 3 aliphatic rings. The molecule has 1 N–H and O–H groups in total. The van der Waals surface area contributed by atoms with Crippen LogP contribution in [-0.4, -0.2) is 51.7 Å². The quantitative estimate of drug-likeness (QED) is 0.529. The highest BCUT2D eigenvalue weighted by molar-refractivity contribution is 6.20. The number of carbonyl (C=O) groups is 1. The smallest absolute Gasteiger partial charge is 0.434 e. The molecule has 2 aliphatic heterocycles. The van der Waals surface area contributed by atoms with Gasteiger partial charge in [0.25, 0.3) is 5.91 Å². The summed E-state index contributed by atoms with van der Waals surface area (Å²) in [7, 11) is 3.06. The van der Waals surface area contributed by atoms with Crippen molar-refractivity contribution >= 4 is 23.2 Å². The number of hydrogen-bond donors (Lipinski definition) is 1. The minimum atomic E-state index is -4.53. The molecule has 4 heterocycles. The standard InChI is InChI=1S/C26H24F3N7O3/c1-35-11-18(26(27,28)29)33-23(35)16-5-3-14(4-6-16)10-36-19(37)12-39-17-9-30-22(34-24(17)36)20-21(15-7-8-15)31-13-32-25(20)38-2/h3-6,9,11,15,31H,7-8,10,12-13H2,1-2H3. The van der Waals surface area contributed by atoms with Crippen molar-refractivity contribution in [3.8, 4) is 17.1 Å². The van der Waals surface area contributed by atoms with Gasteiger partial charge in [-0.2, -0.15) is 13.2 Å². The van der Waals surface area contributed by atoms with Gasteiger partial charge in [-0.05, 0) is 24.3 Å². The van der Waals surface area contributed by atoms with E-state index in [4.69, 9.17) is 14.5 Å². The van der Waals surface area contributed by atoms with E-state index in [0.29, 0.717) is 47.0 Å². The third kappa shape index (κ3) is 4.68. The van der Waals surface area contributed by atoms with Crippen molar-refractivity contribution in [2.45, 2.75) is 25.6 Å². The molecule has 0 radical (unpaired) electrons. The van der Waals surface area contributed by atoms with Crippen molar-refractivity contribution in [2.24, 2.45) is 18.0 Å². The fourth-order valence-electron chi connectivity index (χ4n) is 4.67. The molecule has 202 valence electrons. The van der Waals surface area contributed by atoms with Crippen LogP contribution in [0.3, 0.4) is 0 Å². The van der Waals surface area contributed by atoms with E-state index in [2.05, 4.69) is 20.3 Å². The third-order valence-corrected chi connectivity index (χ3v) is 6.74. The Morgan fingerprint density at radius 2 is 1.95 bits per heavy atom. The van der Waals surface area contributed by atoms with Gasteiger partial charge in [0.05, 0.1) is 19.9 Å². The lowest BCUT2D eigenvalue weighted by molar-refractivity contribution is -0.140. The Morgan fingerprint density at radius 1 is 1.18 bits per heavy atom. The van der Waals surface area contributed by atoms with Crippen LogP contribution in [-0.2, 0) is 29.3 Å². The average Bonchev–Trinajstić information content (AvgIpc) is 3.70. The molecular weight excluding hydrogens is 515 g/mol. The van der Waals surface area contributed by atoms with Crippen molar-refractivity contribution < 1.29 is 27.4 Å². The molecule has 10 nitrogen and oxygen atoms in total. The largest absolute Gasteiger partial charge is 0.481 e. The van der Waals surface area contributed by atoms with Gasteiger partial charge in [-0.15, -0.1) is 0 Å². The second kappa shape index (κ2) is 9.40. The summed E-state index contributed by atoms with van der Waals surface area (Å²) >= 11 is 0. The van der Waals surface area contributed by atoms with Crippen LogP contribution in [0.4, 0.5) is 19.0 Å². The molecule has 39 heavy (non-hydrogen) atoms. The number of aromatic nitrogens is 4. The SMILES string of the molecule is COC1=NCNC(C2CC2)=C1c1ncc2c(n1)N(Cc1ccc(-c3nc(C(F)(F)F)cn3C)cc1)C(=O)CO2. The number of benzene rings is 1. The van der Waals surface area contributed by atoms with Crippen molar-refractivity contribution in [1.29, 1.82) is 0 Å². The van der Waals surface area contributed by atoms with Gasteiger partial charge in [-0.25, -0.2) is 19.9 Å². The van der Waals surface area contributed by atoms with E-state index in [-0.39, 0.29) is 24.9 Å². The monoisotopic (exact) mass is 539 g/mol. The van der Waals surface area contributed by atoms with Crippen LogP contribution in [0.5, 0.6) is 5.75 Å². The van der Waals surface area contributed by atoms with Gasteiger partial charge in [-0.3, -0.25) is 9.69 Å². The molecule has 1 aromatic carbocycles. The number of aliphatic imine (C=N–C) groups is 1. The maximum atomic E-state index is 13.1. The van der Waals surface area contributed by atoms with E-state index < -0.39 is 11.9 Å². The van der Waals surface area contributed by atoms with E-state index in [1.54, 1.807) is 37.6 Å². The molecule has 6 rings (SSSR count). The number of nitrogens with one attached hydrogen (secondary N) is 1. The lowest BCUT2D eigenvalue weighted by Gasteiger charge is -2.29. The van der Waals surface area contributed by atoms with Gasteiger partial charge in [0.15, 0.2) is 29.7 Å². The van der Waals surface area contributed by atoms with E-state index in [0.717, 1.165) is 30.3 Å². The van der Waals surface area contributed by atoms with E-state index in [1.807, 2.05) is 0 Å². The molecular formula is C26H24F3N7O3. The Hall–Kier alpha value is -4.42. The van der Waals surface area contributed by atoms with Gasteiger partial charge in [-0.1, -0.05) is 24.3 Å². The van der Waals surface area contributed by atoms with Gasteiger partial charge in [0.2, 0.25) is 5.90 Å². The Balaban J connectivity index is 1.30. The molecule has 0 saturated heterocycles. The zero-order valence-corrected chi connectivity index (χ0v) is 21.1. The Labute approximate surface area is 221 Å². The van der Waals surface area contributed by atoms with Gasteiger partial charge < -0.3 is 19.4 Å². The van der Waals surface area contributed by atoms with Crippen LogP contribution in [0.25, 0.3) is 17.0 Å². The normalized spacial score (nSPS) is 17.4. The number of nitrogens with zero attached hydrogens (tertiary/aromatic N) is 6. The highest BCUT2D eigenvalue weighted by Crippen LogP contribution is 2.41. The first-order valence-electron chi connectivity index (χ1n) is 12.3. The Bertz CT molecular complexity index is 1510. The van der Waals surface area contributed by atoms with E-state index >= 15 is 0 Å². The minimum absolute atomic E-state index is 0.163. The van der Waals surface area contributed by atoms with Crippen LogP contribution in [0.15, 0.2) is 47.3 Å². The van der Waals surface area contributed by atoms with Crippen LogP contribution in [0.2, 0.25) is 0 Å². The lowest BCUT2D eigenvalue weighted by Crippen LogP contribution is -2.39. The first-order valence-corrected chi connectivity index (χ1v) is 12.3. The zero-order chi connectivity index (χ0) is 27.3. The maximum absolute atomic E-state index is 13.1. The van der Waals surface area contributed by atoms with Crippen molar-refractivity contribution in [1.82, 2.24) is 24.8 Å². The molecule has 0 bridgehead atoms. The number of amides is 1. The van der Waals surface area contributed by atoms with Crippen LogP contribution < -0.4 is 15.0 Å². The molecule has 0 unspecified atom stereocenters. The van der Waals surface area contributed by atoms with Crippen molar-refractivity contribution in [3.05, 3.63) is 59.4 Å². The number of rotatable bonds is 5. The van der Waals surface area contributed by atoms with Crippen LogP contribution >= 0.6 is 0 Å². The third-order valence-electron chi connectivity index (χ3n) is 6.74. The second-order valence-corrected chi connectivity index (χ2v) is 9.47. The fraction of sp³-hybridized carbons (Fsp3) is 0.346. The number of carbonyl (C=O) groups excluding carboxylic acids is 1. The fourth-order valence-corrected chi connectivity index (χ4v) is 4.67. The summed E-state index contributed by atoms with van der Waals surface area (Å²) in [5.74, 6) is 1.77. The molecule has 1 amide bonds. The molecule has 1 saturated carbocycles. The van der Waals surface area contributed by atoms with Crippen molar-refractivity contribution in [3.63, 3.8) is 0 Å². The average molecular weight is 540 g/mol. The Kier molecular flexibility index (Phi) is 6.00. The van der Waals surface area contributed by atoms with Crippen molar-refractivity contribution in [2.75, 3.05) is 25.3 Å². The predicted octanol–water partition coefficient (Wildman–Crippen LogP) is 3.55. The number of ether oxygens (including phenoxy) is 2. The first kappa shape index (κ1) is 24.9. The molecule has 13 heteroatoms. The highest BCUT2D eigenvalue weighted by atomic mass is 19.4. The number of hydrogen-bond acceptors (Lipinski definition) is 8. The summed E-state index contributed by atoms with van der Waals surface area (Å²) in [5.41, 5.74) is 1.97. The molecule has 2 aromatic heterocycles. The zero-order valence-electron chi connectivity index (χ0n) is 21.1. The molecule has 1 aliphatic carbocycles. The second-order valence-electron chi connectivity index (χ2n) is 9.47. The van der Waals surface area contributed by atoms with E-state index in [9.17, 15) is 18.0 Å². The Morgan fingerprint density at radius 3 is 2.62 bits per heavy atom. The molecule has 3 aromatic rings. The van der Waals surface area contributed by atoms with E-state index in [1.165, 1.54) is 16.5 Å². The summed E-state index contributed by atoms with van der Waals surface area (Å²) in [6.45, 7) is 0.422. The maximum Gasteiger partial charge on any atom is 0.434 e. The number of imidazole rings is 1. The number of allylic oxidation sites excluding steroid dienone is 1. The number of methoxy groups -OCH3 is 1. The van der Waals surface area contributed by atoms with Gasteiger partial charge >= 0.3 is 6.18 Å². The number of fused-ring (bicyclic) bond motifs is 1. The molecule has 1 fully saturated rings. The number of aryl methyl sites for hydroxylation is 1. The van der Waals surface area contributed by atoms with Crippen LogP contribution in [0, 0.1) is 5.92 Å². The number of alkyl halides is 3. The van der Waals surface area contributed by atoms with Gasteiger partial charge in [0.1, 0.15) is 18.1 Å². The lowest BCUT2D eigenvalue weighted by atomic mass is 10.1. The summed E-state index contributed by atoms with van der Waals surface area (Å²) in [6.07, 6.45) is 0.0642. The number of anilines is 1. The summed E-state index contributed by atoms with van der Waals surface area (Å²) in [5, 5.41) is 3.32. The summed E-state index contributed by atoms with van der Waals surface area (Å²) in [4.78, 5) is 31.8. The molecule has 0 spiro atoms. The predicted molar refractivity (Wildman–Crippen MR) is 134 cm³/mol. The summed E-state index contributed by atoms with van der Waals surface area (Å²) in [6, 6.07) is 6.85.